The Morgan fingerprint density at radius 1 is 1.42 bits per heavy atom. The molecule has 6 heteroatoms. The normalized spacial score (nSPS) is 30.6. The minimum Gasteiger partial charge on any atom is -0.481 e. The number of carbonyl (C=O) groups excluding carboxylic acids is 1. The van der Waals surface area contributed by atoms with Gasteiger partial charge in [0.1, 0.15) is 6.04 Å². The third kappa shape index (κ3) is 1.82. The van der Waals surface area contributed by atoms with E-state index in [9.17, 15) is 14.7 Å². The molecule has 1 amide bonds. The predicted octanol–water partition coefficient (Wildman–Crippen LogP) is 0.908. The van der Waals surface area contributed by atoms with Gasteiger partial charge in [0, 0.05) is 24.5 Å². The standard InChI is InChI=1S/C13H17N3O3/c1-8(15-6-2-5-14-15)12(17)16-9-3-4-11(16)10(7-9)13(18)19/h2,5-6,8-11H,3-4,7H2,1H3,(H,18,19). The minimum atomic E-state index is -0.781. The van der Waals surface area contributed by atoms with Crippen molar-refractivity contribution in [2.24, 2.45) is 5.92 Å². The lowest BCUT2D eigenvalue weighted by atomic mass is 9.89. The van der Waals surface area contributed by atoms with Gasteiger partial charge in [0.05, 0.1) is 5.92 Å². The topological polar surface area (TPSA) is 75.4 Å². The van der Waals surface area contributed by atoms with E-state index in [4.69, 9.17) is 0 Å². The van der Waals surface area contributed by atoms with E-state index in [1.54, 1.807) is 28.0 Å². The van der Waals surface area contributed by atoms with Crippen molar-refractivity contribution in [2.45, 2.75) is 44.3 Å². The van der Waals surface area contributed by atoms with Gasteiger partial charge in [-0.05, 0) is 32.3 Å². The number of hydrogen-bond donors (Lipinski definition) is 1. The van der Waals surface area contributed by atoms with Crippen LogP contribution in [-0.4, -0.2) is 43.7 Å². The molecule has 0 spiro atoms. The summed E-state index contributed by atoms with van der Waals surface area (Å²) in [6.45, 7) is 1.81. The summed E-state index contributed by atoms with van der Waals surface area (Å²) in [5, 5.41) is 13.3. The number of amides is 1. The molecule has 102 valence electrons. The molecule has 0 aliphatic carbocycles. The first-order valence-electron chi connectivity index (χ1n) is 6.63. The van der Waals surface area contributed by atoms with Gasteiger partial charge in [0.2, 0.25) is 5.91 Å². The number of carboxylic acid groups (broad SMARTS) is 1. The lowest BCUT2D eigenvalue weighted by Crippen LogP contribution is -2.41. The van der Waals surface area contributed by atoms with Crippen molar-refractivity contribution in [3.05, 3.63) is 18.5 Å². The monoisotopic (exact) mass is 263 g/mol. The second-order valence-electron chi connectivity index (χ2n) is 5.39. The molecule has 2 aliphatic heterocycles. The number of rotatable bonds is 3. The van der Waals surface area contributed by atoms with E-state index in [-0.39, 0.29) is 24.0 Å². The van der Waals surface area contributed by atoms with Crippen molar-refractivity contribution in [1.29, 1.82) is 0 Å². The van der Waals surface area contributed by atoms with Crippen LogP contribution in [-0.2, 0) is 9.59 Å². The Balaban J connectivity index is 1.80. The van der Waals surface area contributed by atoms with Crippen LogP contribution in [0.2, 0.25) is 0 Å². The van der Waals surface area contributed by atoms with Gasteiger partial charge in [-0.2, -0.15) is 5.10 Å². The summed E-state index contributed by atoms with van der Waals surface area (Å²) in [6.07, 6.45) is 5.72. The zero-order chi connectivity index (χ0) is 13.6. The van der Waals surface area contributed by atoms with Crippen molar-refractivity contribution in [1.82, 2.24) is 14.7 Å². The summed E-state index contributed by atoms with van der Waals surface area (Å²) < 4.78 is 1.62. The molecule has 2 fully saturated rings. The fraction of sp³-hybridized carbons (Fsp3) is 0.615. The van der Waals surface area contributed by atoms with E-state index in [0.717, 1.165) is 12.8 Å². The number of carbonyl (C=O) groups is 2. The number of aliphatic carboxylic acids is 1. The Morgan fingerprint density at radius 2 is 2.21 bits per heavy atom. The number of fused-ring (bicyclic) bond motifs is 2. The van der Waals surface area contributed by atoms with Crippen LogP contribution in [0.1, 0.15) is 32.2 Å². The number of nitrogens with zero attached hydrogens (tertiary/aromatic N) is 3. The maximum atomic E-state index is 12.5. The van der Waals surface area contributed by atoms with Crippen molar-refractivity contribution in [2.75, 3.05) is 0 Å². The highest BCUT2D eigenvalue weighted by Gasteiger charge is 2.52. The van der Waals surface area contributed by atoms with Crippen LogP contribution >= 0.6 is 0 Å². The van der Waals surface area contributed by atoms with E-state index in [2.05, 4.69) is 5.10 Å². The highest BCUT2D eigenvalue weighted by atomic mass is 16.4. The van der Waals surface area contributed by atoms with Gasteiger partial charge in [-0.1, -0.05) is 0 Å². The van der Waals surface area contributed by atoms with Crippen molar-refractivity contribution >= 4 is 11.9 Å². The second-order valence-corrected chi connectivity index (χ2v) is 5.39. The lowest BCUT2D eigenvalue weighted by Gasteiger charge is -2.26. The highest BCUT2D eigenvalue weighted by Crippen LogP contribution is 2.42. The number of hydrogen-bond acceptors (Lipinski definition) is 3. The molecule has 4 atom stereocenters. The highest BCUT2D eigenvalue weighted by molar-refractivity contribution is 5.83. The van der Waals surface area contributed by atoms with Gasteiger partial charge in [-0.15, -0.1) is 0 Å². The molecule has 1 aromatic heterocycles. The molecule has 2 aliphatic rings. The summed E-state index contributed by atoms with van der Waals surface area (Å²) >= 11 is 0. The zero-order valence-electron chi connectivity index (χ0n) is 10.8. The van der Waals surface area contributed by atoms with Gasteiger partial charge in [0.15, 0.2) is 0 Å². The van der Waals surface area contributed by atoms with Crippen LogP contribution in [0.5, 0.6) is 0 Å². The van der Waals surface area contributed by atoms with Crippen LogP contribution in [0.3, 0.4) is 0 Å². The maximum Gasteiger partial charge on any atom is 0.308 e. The predicted molar refractivity (Wildman–Crippen MR) is 66.3 cm³/mol. The third-order valence-corrected chi connectivity index (χ3v) is 4.39. The van der Waals surface area contributed by atoms with Crippen LogP contribution in [0.4, 0.5) is 0 Å². The largest absolute Gasteiger partial charge is 0.481 e. The second kappa shape index (κ2) is 4.36. The summed E-state index contributed by atoms with van der Waals surface area (Å²) in [5.74, 6) is -1.19. The molecule has 3 rings (SSSR count). The zero-order valence-corrected chi connectivity index (χ0v) is 10.8. The van der Waals surface area contributed by atoms with Gasteiger partial charge in [0.25, 0.3) is 0 Å². The summed E-state index contributed by atoms with van der Waals surface area (Å²) in [7, 11) is 0. The Kier molecular flexibility index (Phi) is 2.80. The maximum absolute atomic E-state index is 12.5. The molecule has 2 saturated heterocycles. The number of aromatic nitrogens is 2. The Bertz CT molecular complexity index is 499. The summed E-state index contributed by atoms with van der Waals surface area (Å²) in [6, 6.07) is 1.37. The van der Waals surface area contributed by atoms with Gasteiger partial charge in [-0.3, -0.25) is 14.3 Å². The third-order valence-electron chi connectivity index (χ3n) is 4.39. The van der Waals surface area contributed by atoms with Crippen LogP contribution < -0.4 is 0 Å². The first-order valence-corrected chi connectivity index (χ1v) is 6.63. The molecule has 1 aromatic rings. The van der Waals surface area contributed by atoms with Crippen LogP contribution in [0, 0.1) is 5.92 Å². The van der Waals surface area contributed by atoms with Crippen molar-refractivity contribution in [3.8, 4) is 0 Å². The lowest BCUT2D eigenvalue weighted by molar-refractivity contribution is -0.143. The van der Waals surface area contributed by atoms with Gasteiger partial charge >= 0.3 is 5.97 Å². The van der Waals surface area contributed by atoms with Gasteiger partial charge < -0.3 is 10.0 Å². The average Bonchev–Trinajstić information content (AvgIpc) is 3.11. The van der Waals surface area contributed by atoms with E-state index in [0.29, 0.717) is 6.42 Å². The van der Waals surface area contributed by atoms with E-state index >= 15 is 0 Å². The summed E-state index contributed by atoms with van der Waals surface area (Å²) in [5.41, 5.74) is 0. The molecular weight excluding hydrogens is 246 g/mol. The molecule has 0 radical (unpaired) electrons. The van der Waals surface area contributed by atoms with Crippen LogP contribution in [0.25, 0.3) is 0 Å². The Morgan fingerprint density at radius 3 is 2.79 bits per heavy atom. The fourth-order valence-corrected chi connectivity index (χ4v) is 3.44. The van der Waals surface area contributed by atoms with Crippen LogP contribution in [0.15, 0.2) is 18.5 Å². The molecule has 3 heterocycles. The summed E-state index contributed by atoms with van der Waals surface area (Å²) in [4.78, 5) is 25.5. The molecule has 6 nitrogen and oxygen atoms in total. The quantitative estimate of drug-likeness (QED) is 0.879. The fourth-order valence-electron chi connectivity index (χ4n) is 3.44. The van der Waals surface area contributed by atoms with E-state index < -0.39 is 11.9 Å². The van der Waals surface area contributed by atoms with Crippen molar-refractivity contribution < 1.29 is 14.7 Å². The smallest absolute Gasteiger partial charge is 0.308 e. The first-order chi connectivity index (χ1) is 9.09. The molecule has 19 heavy (non-hydrogen) atoms. The molecule has 0 saturated carbocycles. The van der Waals surface area contributed by atoms with E-state index in [1.807, 2.05) is 6.92 Å². The molecule has 1 N–H and O–H groups in total. The van der Waals surface area contributed by atoms with Crippen molar-refractivity contribution in [3.63, 3.8) is 0 Å². The SMILES string of the molecule is CC(C(=O)N1C2CCC1C(C(=O)O)C2)n1cccn1. The number of carboxylic acids is 1. The Labute approximate surface area is 111 Å². The van der Waals surface area contributed by atoms with Gasteiger partial charge in [-0.25, -0.2) is 0 Å². The minimum absolute atomic E-state index is 0.0139. The molecule has 0 aromatic carbocycles. The first kappa shape index (κ1) is 12.2. The molecule has 2 bridgehead atoms. The van der Waals surface area contributed by atoms with E-state index in [1.165, 1.54) is 0 Å². The Hall–Kier alpha value is -1.85. The molecular formula is C13H17N3O3. The average molecular weight is 263 g/mol. The molecule has 4 unspecified atom stereocenters.